The number of benzene rings is 9. The highest BCUT2D eigenvalue weighted by molar-refractivity contribution is 8.00. The molecule has 0 aliphatic carbocycles. The molecule has 0 saturated heterocycles. The van der Waals surface area contributed by atoms with Crippen LogP contribution < -0.4 is 47.8 Å². The molecule has 0 aliphatic heterocycles. The Balaban J connectivity index is 0.000000151. The zero-order chi connectivity index (χ0) is 82.6. The molecule has 6 aromatic heterocycles. The van der Waals surface area contributed by atoms with Gasteiger partial charge in [0.25, 0.3) is 16.7 Å². The first-order chi connectivity index (χ1) is 55.5. The minimum Gasteiger partial charge on any atom is -0.505 e. The Kier molecular flexibility index (Phi) is 24.2. The number of ether oxygens (including phenoxy) is 3. The average molecular weight is 1680 g/mol. The molecule has 5 N–H and O–H groups in total. The second-order valence-electron chi connectivity index (χ2n) is 25.4. The molecule has 0 spiro atoms. The molecule has 0 radical (unpaired) electrons. The van der Waals surface area contributed by atoms with Crippen LogP contribution in [0.25, 0.3) is 77.7 Å². The smallest absolute Gasteiger partial charge is 0.417 e. The van der Waals surface area contributed by atoms with Crippen LogP contribution in [0.1, 0.15) is 22.3 Å². The maximum atomic E-state index is 14.0. The van der Waals surface area contributed by atoms with E-state index in [0.717, 1.165) is 35.5 Å². The molecule has 6 heterocycles. The summed E-state index contributed by atoms with van der Waals surface area (Å²) in [5.41, 5.74) is -2.44. The van der Waals surface area contributed by atoms with Crippen LogP contribution >= 0.6 is 58.5 Å². The third-order valence-corrected chi connectivity index (χ3v) is 21.6. The van der Waals surface area contributed by atoms with Crippen molar-refractivity contribution in [1.29, 1.82) is 0 Å². The van der Waals surface area contributed by atoms with Gasteiger partial charge in [0.15, 0.2) is 28.4 Å². The van der Waals surface area contributed by atoms with Gasteiger partial charge in [-0.2, -0.15) is 26.3 Å². The van der Waals surface area contributed by atoms with Crippen molar-refractivity contribution in [1.82, 2.24) is 13.7 Å². The van der Waals surface area contributed by atoms with Gasteiger partial charge in [0.05, 0.1) is 66.8 Å². The van der Waals surface area contributed by atoms with E-state index >= 15 is 0 Å². The van der Waals surface area contributed by atoms with Crippen molar-refractivity contribution >= 4 is 102 Å². The first-order valence-electron chi connectivity index (χ1n) is 34.5. The fraction of sp³-hybridized carbons (Fsp3) is 0.106. The molecule has 1 unspecified atom stereocenters. The van der Waals surface area contributed by atoms with Crippen molar-refractivity contribution < 1.29 is 79.3 Å². The lowest BCUT2D eigenvalue weighted by Gasteiger charge is -2.19. The highest BCUT2D eigenvalue weighted by Crippen LogP contribution is 2.45. The predicted molar refractivity (Wildman–Crippen MR) is 430 cm³/mol. The molecule has 0 fully saturated rings. The van der Waals surface area contributed by atoms with E-state index in [1.807, 2.05) is 12.1 Å². The van der Waals surface area contributed by atoms with E-state index in [4.69, 9.17) is 55.8 Å². The maximum absolute atomic E-state index is 14.0. The Morgan fingerprint density at radius 3 is 1.63 bits per heavy atom. The number of pyridine rings is 3. The normalized spacial score (nSPS) is 11.8. The first-order valence-corrected chi connectivity index (χ1v) is 37.7. The summed E-state index contributed by atoms with van der Waals surface area (Å²) in [5, 5.41) is 52.5. The van der Waals surface area contributed by atoms with Crippen LogP contribution in [0, 0.1) is 6.92 Å². The van der Waals surface area contributed by atoms with Crippen LogP contribution in [-0.2, 0) is 18.9 Å². The number of alkyl halides is 6. The molecule has 15 rings (SSSR count). The predicted octanol–water partition coefficient (Wildman–Crippen LogP) is 18.4. The van der Waals surface area contributed by atoms with E-state index in [1.165, 1.54) is 64.3 Å². The van der Waals surface area contributed by atoms with E-state index in [0.29, 0.717) is 106 Å². The van der Waals surface area contributed by atoms with Gasteiger partial charge < -0.3 is 57.6 Å². The fourth-order valence-electron chi connectivity index (χ4n) is 12.5. The highest BCUT2D eigenvalue weighted by atomic mass is 35.5. The number of aliphatic hydroxyl groups is 2. The standard InChI is InChI=1S/C29H20F3NO5S.C28H21Cl2NO7S.C28H18F3NO5S/c1-16-23(17-9-4-3-5-10-17)33(18-11-8-12-19(15-18)37-2)27(35)22-24(34)26(28(36)38-25(16)22)39-21-14-7-6-13-20(21)29(30,31)32;29-16-2-1-3-20(10-16)39-26-24(34)23-25(38-28(26)36)21-9-6-17(30)11-22(21)31(27(23)35)12-15-4-7-19(8-5-15)37-14-18(33)13-32;1-36-19-9-5-8-18(14-19)32-21(16-6-3-2-4-7-16)15-22-23(26(32)34)24(33)25(27(35)37-22)38-20-12-10-17(11-13-20)28(29,30)31/h3-15,34H,1-2H3;1-11,18,32-34H,12-14H2;2-15,33H,1H3. The van der Waals surface area contributed by atoms with E-state index < -0.39 is 91.9 Å². The van der Waals surface area contributed by atoms with Gasteiger partial charge in [-0.15, -0.1) is 0 Å². The number of halogens is 8. The van der Waals surface area contributed by atoms with Gasteiger partial charge in [-0.25, -0.2) is 14.4 Å². The molecule has 15 aromatic rings. The SMILES string of the molecule is COc1cccc(-n2c(-c3ccccc3)c(C)c3oc(=O)c(Sc4ccccc4C(F)(F)F)c(O)c3c2=O)c1.COc1cccc(-n2c(-c3ccccc3)cc3oc(=O)c(Sc4ccc(C(F)(F)F)cc4)c(O)c3c2=O)c1.O=c1oc2c(c(O)c1Sc1cccc(Cl)c1)c(=O)n(Cc1ccc(OCC(O)CO)cc1)c1cc(Cl)ccc21. The van der Waals surface area contributed by atoms with Crippen LogP contribution in [0.2, 0.25) is 10.0 Å². The lowest BCUT2D eigenvalue weighted by molar-refractivity contribution is -0.140. The number of hydrogen-bond acceptors (Lipinski definition) is 20. The number of aromatic hydroxyl groups is 3. The number of nitrogens with zero attached hydrogens (tertiary/aromatic N) is 3. The third-order valence-electron chi connectivity index (χ3n) is 17.9. The summed E-state index contributed by atoms with van der Waals surface area (Å²) in [7, 11) is 2.97. The van der Waals surface area contributed by atoms with Gasteiger partial charge in [0.1, 0.15) is 66.4 Å². The molecule has 9 aromatic carbocycles. The summed E-state index contributed by atoms with van der Waals surface area (Å²) in [6.45, 7) is 1.27. The largest absolute Gasteiger partial charge is 0.505 e. The molecule has 0 bridgehead atoms. The number of rotatable bonds is 18. The van der Waals surface area contributed by atoms with E-state index in [2.05, 4.69) is 0 Å². The van der Waals surface area contributed by atoms with Crippen LogP contribution in [-0.4, -0.2) is 72.8 Å². The molecule has 0 saturated carbocycles. The molecule has 0 aliphatic rings. The quantitative estimate of drug-likeness (QED) is 0.0394. The summed E-state index contributed by atoms with van der Waals surface area (Å²) in [6.07, 6.45) is -10.2. The molecule has 0 amide bonds. The number of hydrogen-bond donors (Lipinski definition) is 5. The molecule has 590 valence electrons. The van der Waals surface area contributed by atoms with Crippen LogP contribution in [0.5, 0.6) is 34.5 Å². The van der Waals surface area contributed by atoms with Gasteiger partial charge in [0, 0.05) is 53.9 Å². The van der Waals surface area contributed by atoms with E-state index in [1.54, 1.807) is 171 Å². The second-order valence-corrected chi connectivity index (χ2v) is 29.5. The number of aliphatic hydroxyl groups excluding tert-OH is 2. The van der Waals surface area contributed by atoms with Crippen molar-refractivity contribution in [3.63, 3.8) is 0 Å². The zero-order valence-electron chi connectivity index (χ0n) is 60.4. The Morgan fingerprint density at radius 1 is 0.491 bits per heavy atom. The van der Waals surface area contributed by atoms with E-state index in [-0.39, 0.29) is 65.6 Å². The molecule has 31 heteroatoms. The zero-order valence-corrected chi connectivity index (χ0v) is 64.3. The number of fused-ring (bicyclic) bond motifs is 5. The molecule has 20 nitrogen and oxygen atoms in total. The van der Waals surface area contributed by atoms with E-state index in [9.17, 15) is 75.5 Å². The summed E-state index contributed by atoms with van der Waals surface area (Å²) in [5.74, 6) is -0.411. The van der Waals surface area contributed by atoms with Crippen molar-refractivity contribution in [2.45, 2.75) is 61.3 Å². The Morgan fingerprint density at radius 2 is 1.03 bits per heavy atom. The Labute approximate surface area is 673 Å². The monoisotopic (exact) mass is 1670 g/mol. The second kappa shape index (κ2) is 34.4. The summed E-state index contributed by atoms with van der Waals surface area (Å²) < 4.78 is 116. The van der Waals surface area contributed by atoms with Crippen molar-refractivity contribution in [3.05, 3.63) is 325 Å². The van der Waals surface area contributed by atoms with Crippen molar-refractivity contribution in [2.24, 2.45) is 0 Å². The Hall–Kier alpha value is -12.4. The fourth-order valence-corrected chi connectivity index (χ4v) is 15.6. The number of aromatic nitrogens is 3. The molecule has 1 atom stereocenters. The lowest BCUT2D eigenvalue weighted by atomic mass is 10.0. The number of aryl methyl sites for hydroxylation is 1. The topological polar surface area (TPSA) is 285 Å². The Bertz CT molecular complexity index is 6670. The minimum atomic E-state index is -4.70. The van der Waals surface area contributed by atoms with Gasteiger partial charge in [0.2, 0.25) is 0 Å². The van der Waals surface area contributed by atoms with Crippen LogP contribution in [0.15, 0.2) is 302 Å². The third kappa shape index (κ3) is 17.2. The average Bonchev–Trinajstić information content (AvgIpc) is 0.743. The summed E-state index contributed by atoms with van der Waals surface area (Å²) in [6, 6.07) is 60.0. The highest BCUT2D eigenvalue weighted by Gasteiger charge is 2.36. The van der Waals surface area contributed by atoms with Crippen LogP contribution in [0.4, 0.5) is 26.3 Å². The molecular weight excluding hydrogens is 1620 g/mol. The van der Waals surface area contributed by atoms with Gasteiger partial charge in [-0.1, -0.05) is 162 Å². The van der Waals surface area contributed by atoms with Gasteiger partial charge in [-0.3, -0.25) is 23.5 Å². The number of methoxy groups -OCH3 is 2. The first kappa shape index (κ1) is 81.7. The lowest BCUT2D eigenvalue weighted by Crippen LogP contribution is -2.23. The maximum Gasteiger partial charge on any atom is 0.417 e. The summed E-state index contributed by atoms with van der Waals surface area (Å²) >= 11 is 14.4. The minimum absolute atomic E-state index is 0.0351. The van der Waals surface area contributed by atoms with Gasteiger partial charge >= 0.3 is 29.2 Å². The molecule has 116 heavy (non-hydrogen) atoms. The summed E-state index contributed by atoms with van der Waals surface area (Å²) in [4.78, 5) is 80.1. The van der Waals surface area contributed by atoms with Gasteiger partial charge in [-0.05, 0) is 133 Å². The van der Waals surface area contributed by atoms with Crippen LogP contribution in [0.3, 0.4) is 0 Å². The van der Waals surface area contributed by atoms with Crippen molar-refractivity contribution in [2.75, 3.05) is 27.4 Å². The van der Waals surface area contributed by atoms with Crippen molar-refractivity contribution in [3.8, 4) is 68.4 Å². The molecular formula is C85H59Cl2F6N3O17S3.